The maximum atomic E-state index is 12.6. The Morgan fingerprint density at radius 3 is 2.45 bits per heavy atom. The van der Waals surface area contributed by atoms with Gasteiger partial charge in [-0.15, -0.1) is 0 Å². The second-order valence-corrected chi connectivity index (χ2v) is 6.51. The van der Waals surface area contributed by atoms with Crippen LogP contribution in [0.5, 0.6) is 5.75 Å². The molecule has 0 aliphatic heterocycles. The first kappa shape index (κ1) is 14.2. The highest BCUT2D eigenvalue weighted by Crippen LogP contribution is 2.57. The number of carbonyl (C=O) groups is 1. The van der Waals surface area contributed by atoms with E-state index in [2.05, 4.69) is 0 Å². The third-order valence-electron chi connectivity index (χ3n) is 4.55. The molecule has 4 heteroatoms. The minimum absolute atomic E-state index is 0.164. The molecule has 2 nitrogen and oxygen atoms in total. The van der Waals surface area contributed by atoms with Crippen LogP contribution in [0.3, 0.4) is 0 Å². The lowest BCUT2D eigenvalue weighted by Gasteiger charge is -2.09. The number of ether oxygens (including phenoxy) is 1. The lowest BCUT2D eigenvalue weighted by molar-refractivity contribution is 0.0956. The average molecular weight is 313 g/mol. The van der Waals surface area contributed by atoms with Crippen LogP contribution in [0.1, 0.15) is 43.0 Å². The van der Waals surface area contributed by atoms with Gasteiger partial charge in [0.2, 0.25) is 0 Å². The smallest absolute Gasteiger partial charge is 0.168 e. The Hall–Kier alpha value is -0.730. The maximum Gasteiger partial charge on any atom is 0.168 e. The van der Waals surface area contributed by atoms with Crippen molar-refractivity contribution in [1.29, 1.82) is 0 Å². The van der Waals surface area contributed by atoms with Crippen LogP contribution in [0.2, 0.25) is 10.0 Å². The second-order valence-electron chi connectivity index (χ2n) is 5.70. The van der Waals surface area contributed by atoms with Crippen molar-refractivity contribution in [3.05, 3.63) is 27.7 Å². The van der Waals surface area contributed by atoms with E-state index >= 15 is 0 Å². The number of ketones is 1. The third kappa shape index (κ3) is 2.44. The number of hydrogen-bond acceptors (Lipinski definition) is 2. The molecule has 2 unspecified atom stereocenters. The van der Waals surface area contributed by atoms with Gasteiger partial charge in [-0.1, -0.05) is 36.0 Å². The van der Waals surface area contributed by atoms with Crippen LogP contribution in [0, 0.1) is 17.8 Å². The van der Waals surface area contributed by atoms with E-state index in [0.29, 0.717) is 39.8 Å². The number of Topliss-reactive ketones (excluding diaryl/α,β-unsaturated/α-hetero) is 1. The van der Waals surface area contributed by atoms with Crippen molar-refractivity contribution in [3.8, 4) is 5.75 Å². The molecule has 2 aliphatic rings. The van der Waals surface area contributed by atoms with Crippen molar-refractivity contribution < 1.29 is 9.53 Å². The molecule has 108 valence electrons. The van der Waals surface area contributed by atoms with Crippen LogP contribution >= 0.6 is 23.2 Å². The van der Waals surface area contributed by atoms with E-state index in [1.165, 1.54) is 25.7 Å². The molecule has 2 atom stereocenters. The molecule has 1 aromatic carbocycles. The molecule has 0 heterocycles. The highest BCUT2D eigenvalue weighted by atomic mass is 35.5. The van der Waals surface area contributed by atoms with Crippen molar-refractivity contribution in [2.75, 3.05) is 6.61 Å². The van der Waals surface area contributed by atoms with E-state index in [-0.39, 0.29) is 11.7 Å². The Balaban J connectivity index is 1.83. The minimum Gasteiger partial charge on any atom is -0.492 e. The predicted octanol–water partition coefficient (Wildman–Crippen LogP) is 5.01. The summed E-state index contributed by atoms with van der Waals surface area (Å²) >= 11 is 12.4. The Morgan fingerprint density at radius 1 is 1.20 bits per heavy atom. The van der Waals surface area contributed by atoms with Crippen LogP contribution in [0.15, 0.2) is 12.1 Å². The topological polar surface area (TPSA) is 26.3 Å². The van der Waals surface area contributed by atoms with Crippen molar-refractivity contribution in [3.63, 3.8) is 0 Å². The standard InChI is InChI=1S/C16H18Cl2O2/c1-2-20-14-8-12(17)11(7-13(14)18)16(19)15-9-5-3-4-6-10(9)15/h7-10,15H,2-6H2,1H3. The van der Waals surface area contributed by atoms with E-state index in [1.807, 2.05) is 6.92 Å². The molecule has 0 saturated heterocycles. The van der Waals surface area contributed by atoms with Gasteiger partial charge in [-0.05, 0) is 37.7 Å². The van der Waals surface area contributed by atoms with Crippen molar-refractivity contribution in [1.82, 2.24) is 0 Å². The van der Waals surface area contributed by atoms with E-state index in [9.17, 15) is 4.79 Å². The van der Waals surface area contributed by atoms with E-state index < -0.39 is 0 Å². The van der Waals surface area contributed by atoms with Crippen LogP contribution in [-0.2, 0) is 0 Å². The van der Waals surface area contributed by atoms with E-state index in [4.69, 9.17) is 27.9 Å². The SMILES string of the molecule is CCOc1cc(Cl)c(C(=O)C2C3CCCCC32)cc1Cl. The van der Waals surface area contributed by atoms with Gasteiger partial charge in [-0.25, -0.2) is 0 Å². The van der Waals surface area contributed by atoms with Gasteiger partial charge in [-0.2, -0.15) is 0 Å². The molecular weight excluding hydrogens is 295 g/mol. The first-order valence-electron chi connectivity index (χ1n) is 7.29. The van der Waals surface area contributed by atoms with E-state index in [1.54, 1.807) is 12.1 Å². The van der Waals surface area contributed by atoms with Gasteiger partial charge < -0.3 is 4.74 Å². The summed E-state index contributed by atoms with van der Waals surface area (Å²) < 4.78 is 5.40. The number of fused-ring (bicyclic) bond motifs is 1. The quantitative estimate of drug-likeness (QED) is 0.730. The van der Waals surface area contributed by atoms with E-state index in [0.717, 1.165) is 0 Å². The van der Waals surface area contributed by atoms with Gasteiger partial charge in [0.25, 0.3) is 0 Å². The predicted molar refractivity (Wildman–Crippen MR) is 80.9 cm³/mol. The number of hydrogen-bond donors (Lipinski definition) is 0. The number of benzene rings is 1. The Kier molecular flexibility index (Phi) is 3.96. The van der Waals surface area contributed by atoms with Gasteiger partial charge in [0.15, 0.2) is 5.78 Å². The minimum atomic E-state index is 0.164. The Labute approximate surface area is 129 Å². The van der Waals surface area contributed by atoms with Gasteiger partial charge in [0.05, 0.1) is 16.7 Å². The number of carbonyl (C=O) groups excluding carboxylic acids is 1. The molecule has 0 N–H and O–H groups in total. The molecule has 1 aromatic rings. The van der Waals surface area contributed by atoms with Gasteiger partial charge in [0.1, 0.15) is 5.75 Å². The first-order chi connectivity index (χ1) is 9.63. The molecule has 2 fully saturated rings. The lowest BCUT2D eigenvalue weighted by Crippen LogP contribution is -2.06. The summed E-state index contributed by atoms with van der Waals surface area (Å²) in [6.45, 7) is 2.41. The van der Waals surface area contributed by atoms with Gasteiger partial charge in [-0.3, -0.25) is 4.79 Å². The molecule has 3 rings (SSSR count). The van der Waals surface area contributed by atoms with Gasteiger partial charge in [0, 0.05) is 17.5 Å². The normalized spacial score (nSPS) is 27.9. The Bertz CT molecular complexity index is 530. The zero-order valence-electron chi connectivity index (χ0n) is 11.5. The van der Waals surface area contributed by atoms with Crippen LogP contribution < -0.4 is 4.74 Å². The monoisotopic (exact) mass is 312 g/mol. The average Bonchev–Trinajstić information content (AvgIpc) is 3.16. The molecule has 20 heavy (non-hydrogen) atoms. The fraction of sp³-hybridized carbons (Fsp3) is 0.562. The van der Waals surface area contributed by atoms with Crippen molar-refractivity contribution in [2.45, 2.75) is 32.6 Å². The van der Waals surface area contributed by atoms with Gasteiger partial charge >= 0.3 is 0 Å². The highest BCUT2D eigenvalue weighted by Gasteiger charge is 2.54. The third-order valence-corrected chi connectivity index (χ3v) is 5.15. The summed E-state index contributed by atoms with van der Waals surface area (Å²) in [6, 6.07) is 3.33. The summed E-state index contributed by atoms with van der Waals surface area (Å²) in [5, 5.41) is 0.912. The molecular formula is C16H18Cl2O2. The summed E-state index contributed by atoms with van der Waals surface area (Å²) in [5.74, 6) is 2.04. The molecule has 2 aliphatic carbocycles. The van der Waals surface area contributed by atoms with Crippen LogP contribution in [-0.4, -0.2) is 12.4 Å². The molecule has 0 aromatic heterocycles. The molecule has 0 radical (unpaired) electrons. The number of rotatable bonds is 4. The second kappa shape index (κ2) is 5.57. The Morgan fingerprint density at radius 2 is 1.85 bits per heavy atom. The van der Waals surface area contributed by atoms with Crippen molar-refractivity contribution in [2.24, 2.45) is 17.8 Å². The molecule has 0 bridgehead atoms. The lowest BCUT2D eigenvalue weighted by atomic mass is 10.0. The molecule has 0 amide bonds. The zero-order chi connectivity index (χ0) is 14.3. The summed E-state index contributed by atoms with van der Waals surface area (Å²) in [7, 11) is 0. The highest BCUT2D eigenvalue weighted by molar-refractivity contribution is 6.37. The maximum absolute atomic E-state index is 12.6. The largest absolute Gasteiger partial charge is 0.492 e. The summed E-state index contributed by atoms with van der Waals surface area (Å²) in [6.07, 6.45) is 4.87. The summed E-state index contributed by atoms with van der Waals surface area (Å²) in [4.78, 5) is 12.6. The molecule has 2 saturated carbocycles. The fourth-order valence-corrected chi connectivity index (χ4v) is 4.01. The van der Waals surface area contributed by atoms with Crippen molar-refractivity contribution >= 4 is 29.0 Å². The summed E-state index contributed by atoms with van der Waals surface area (Å²) in [5.41, 5.74) is 0.555. The van der Waals surface area contributed by atoms with Crippen LogP contribution in [0.25, 0.3) is 0 Å². The zero-order valence-corrected chi connectivity index (χ0v) is 13.0. The van der Waals surface area contributed by atoms with Crippen LogP contribution in [0.4, 0.5) is 0 Å². The fourth-order valence-electron chi connectivity index (χ4n) is 3.54. The first-order valence-corrected chi connectivity index (χ1v) is 8.05. The molecule has 0 spiro atoms. The number of halogens is 2.